The van der Waals surface area contributed by atoms with Crippen LogP contribution in [0, 0.1) is 5.82 Å². The van der Waals surface area contributed by atoms with E-state index >= 15 is 0 Å². The largest absolute Gasteiger partial charge is 0.356 e. The highest BCUT2D eigenvalue weighted by molar-refractivity contribution is 5.84. The van der Waals surface area contributed by atoms with Crippen LogP contribution in [-0.4, -0.2) is 56.9 Å². The average Bonchev–Trinajstić information content (AvgIpc) is 3.29. The van der Waals surface area contributed by atoms with E-state index in [1.165, 1.54) is 17.7 Å². The van der Waals surface area contributed by atoms with Gasteiger partial charge >= 0.3 is 0 Å². The van der Waals surface area contributed by atoms with Crippen LogP contribution in [-0.2, 0) is 4.79 Å². The predicted molar refractivity (Wildman–Crippen MR) is 115 cm³/mol. The van der Waals surface area contributed by atoms with Crippen LogP contribution in [0.1, 0.15) is 63.5 Å². The number of hydrogen-bond acceptors (Lipinski definition) is 6. The fraction of sp³-hybridized carbons (Fsp3) is 0.545. The molecule has 8 nitrogen and oxygen atoms in total. The number of aromatic nitrogens is 4. The van der Waals surface area contributed by atoms with E-state index in [-0.39, 0.29) is 29.5 Å². The van der Waals surface area contributed by atoms with Crippen molar-refractivity contribution in [3.05, 3.63) is 35.6 Å². The van der Waals surface area contributed by atoms with Gasteiger partial charge in [0.2, 0.25) is 11.8 Å². The Labute approximate surface area is 180 Å². The monoisotopic (exact) mass is 428 g/mol. The fourth-order valence-electron chi connectivity index (χ4n) is 4.12. The van der Waals surface area contributed by atoms with Gasteiger partial charge in [-0.2, -0.15) is 14.8 Å². The van der Waals surface area contributed by atoms with Gasteiger partial charge in [0.25, 0.3) is 5.95 Å². The van der Waals surface area contributed by atoms with Crippen LogP contribution in [0.5, 0.6) is 0 Å². The fourth-order valence-corrected chi connectivity index (χ4v) is 4.12. The van der Waals surface area contributed by atoms with Crippen molar-refractivity contribution < 1.29 is 13.7 Å². The van der Waals surface area contributed by atoms with Crippen LogP contribution >= 0.6 is 0 Å². The van der Waals surface area contributed by atoms with Gasteiger partial charge < -0.3 is 14.7 Å². The summed E-state index contributed by atoms with van der Waals surface area (Å²) in [6.07, 6.45) is 2.78. The molecule has 1 amide bonds. The van der Waals surface area contributed by atoms with Crippen LogP contribution in [0.3, 0.4) is 0 Å². The summed E-state index contributed by atoms with van der Waals surface area (Å²) in [5.74, 6) is 0.829. The van der Waals surface area contributed by atoms with Gasteiger partial charge in [0, 0.05) is 30.8 Å². The van der Waals surface area contributed by atoms with E-state index in [0.29, 0.717) is 24.0 Å². The number of carbonyl (C=O) groups excluding carboxylic acids is 1. The van der Waals surface area contributed by atoms with E-state index in [9.17, 15) is 9.18 Å². The van der Waals surface area contributed by atoms with Crippen molar-refractivity contribution in [2.75, 3.05) is 20.1 Å². The summed E-state index contributed by atoms with van der Waals surface area (Å²) < 4.78 is 21.6. The second-order valence-corrected chi connectivity index (χ2v) is 8.66. The third kappa shape index (κ3) is 4.32. The minimum absolute atomic E-state index is 0.00363. The van der Waals surface area contributed by atoms with Gasteiger partial charge in [-0.1, -0.05) is 26.0 Å². The van der Waals surface area contributed by atoms with E-state index < -0.39 is 0 Å². The van der Waals surface area contributed by atoms with E-state index in [0.717, 1.165) is 36.9 Å². The minimum Gasteiger partial charge on any atom is -0.356 e. The first-order valence-corrected chi connectivity index (χ1v) is 10.8. The van der Waals surface area contributed by atoms with Crippen molar-refractivity contribution in [2.45, 2.75) is 57.9 Å². The Balaban J connectivity index is 1.43. The van der Waals surface area contributed by atoms with Gasteiger partial charge in [0.15, 0.2) is 0 Å². The molecule has 0 spiro atoms. The highest BCUT2D eigenvalue weighted by Gasteiger charge is 2.36. The van der Waals surface area contributed by atoms with Crippen LogP contribution in [0.2, 0.25) is 0 Å². The molecule has 1 aliphatic carbocycles. The molecule has 0 unspecified atom stereocenters. The molecule has 166 valence electrons. The molecule has 9 heteroatoms. The van der Waals surface area contributed by atoms with E-state index in [4.69, 9.17) is 4.52 Å². The molecule has 1 saturated carbocycles. The lowest BCUT2D eigenvalue weighted by atomic mass is 9.79. The van der Waals surface area contributed by atoms with Gasteiger partial charge in [-0.05, 0) is 50.0 Å². The predicted octanol–water partition coefficient (Wildman–Crippen LogP) is 3.38. The molecule has 0 aliphatic heterocycles. The minimum atomic E-state index is -0.354. The number of benzene rings is 1. The molecule has 2 aromatic heterocycles. The first-order chi connectivity index (χ1) is 14.8. The standard InChI is InChI=1S/C22H29FN6O2/c1-13(2)19-17-7-5-8-18(23)20(17)29(26-19)22-25-21(31-27-22)15-11-16(12-15)28(4)10-6-9-24-14(3)30/h5,7-8,13,15-16H,6,9-12H2,1-4H3,(H,24,30)/t15-,16+. The summed E-state index contributed by atoms with van der Waals surface area (Å²) in [6, 6.07) is 5.44. The molecule has 2 heterocycles. The number of carbonyl (C=O) groups is 1. The Morgan fingerprint density at radius 3 is 2.87 bits per heavy atom. The van der Waals surface area contributed by atoms with E-state index in [1.807, 2.05) is 19.9 Å². The maximum atomic E-state index is 14.6. The second-order valence-electron chi connectivity index (χ2n) is 8.66. The van der Waals surface area contributed by atoms with Crippen molar-refractivity contribution in [2.24, 2.45) is 0 Å². The molecule has 0 radical (unpaired) electrons. The highest BCUT2D eigenvalue weighted by atomic mass is 19.1. The number of nitrogens with zero attached hydrogens (tertiary/aromatic N) is 5. The Morgan fingerprint density at radius 1 is 1.39 bits per heavy atom. The molecule has 4 rings (SSSR count). The number of fused-ring (bicyclic) bond motifs is 1. The first-order valence-electron chi connectivity index (χ1n) is 10.8. The molecule has 0 bridgehead atoms. The zero-order valence-electron chi connectivity index (χ0n) is 18.4. The molecular weight excluding hydrogens is 399 g/mol. The Kier molecular flexibility index (Phi) is 6.04. The molecule has 1 aromatic carbocycles. The highest BCUT2D eigenvalue weighted by Crippen LogP contribution is 2.39. The van der Waals surface area contributed by atoms with Gasteiger partial charge in [-0.15, -0.1) is 0 Å². The zero-order chi connectivity index (χ0) is 22.1. The molecule has 31 heavy (non-hydrogen) atoms. The lowest BCUT2D eigenvalue weighted by Crippen LogP contribution is -2.42. The summed E-state index contributed by atoms with van der Waals surface area (Å²) in [5.41, 5.74) is 1.19. The van der Waals surface area contributed by atoms with Crippen LogP contribution < -0.4 is 5.32 Å². The summed E-state index contributed by atoms with van der Waals surface area (Å²) in [6.45, 7) is 7.20. The number of rotatable bonds is 8. The maximum absolute atomic E-state index is 14.6. The third-order valence-corrected chi connectivity index (χ3v) is 6.00. The smallest absolute Gasteiger partial charge is 0.291 e. The first kappa shape index (κ1) is 21.4. The number of amides is 1. The van der Waals surface area contributed by atoms with Crippen LogP contribution in [0.25, 0.3) is 16.9 Å². The van der Waals surface area contributed by atoms with Crippen molar-refractivity contribution >= 4 is 16.8 Å². The molecule has 1 aliphatic rings. The average molecular weight is 429 g/mol. The molecular formula is C22H29FN6O2. The van der Waals surface area contributed by atoms with Crippen molar-refractivity contribution in [1.82, 2.24) is 30.1 Å². The van der Waals surface area contributed by atoms with Gasteiger partial charge in [-0.25, -0.2) is 4.39 Å². The zero-order valence-corrected chi connectivity index (χ0v) is 18.4. The SMILES string of the molecule is CC(=O)NCCCN(C)[C@H]1C[C@@H](c2nc(-n3nc(C(C)C)c4cccc(F)c43)no2)C1. The summed E-state index contributed by atoms with van der Waals surface area (Å²) in [5, 5.41) is 12.3. The summed E-state index contributed by atoms with van der Waals surface area (Å²) in [4.78, 5) is 17.8. The maximum Gasteiger partial charge on any atom is 0.291 e. The third-order valence-electron chi connectivity index (χ3n) is 6.00. The summed E-state index contributed by atoms with van der Waals surface area (Å²) >= 11 is 0. The van der Waals surface area contributed by atoms with E-state index in [2.05, 4.69) is 32.5 Å². The van der Waals surface area contributed by atoms with Crippen LogP contribution in [0.15, 0.2) is 22.7 Å². The van der Waals surface area contributed by atoms with Crippen LogP contribution in [0.4, 0.5) is 4.39 Å². The van der Waals surface area contributed by atoms with E-state index in [1.54, 1.807) is 6.07 Å². The molecule has 0 saturated heterocycles. The van der Waals surface area contributed by atoms with Gasteiger partial charge in [0.05, 0.1) is 5.69 Å². The van der Waals surface area contributed by atoms with Gasteiger partial charge in [0.1, 0.15) is 11.3 Å². The second kappa shape index (κ2) is 8.74. The number of para-hydroxylation sites is 1. The molecule has 1 fully saturated rings. The molecule has 3 aromatic rings. The Morgan fingerprint density at radius 2 is 2.16 bits per heavy atom. The van der Waals surface area contributed by atoms with Crippen molar-refractivity contribution in [3.8, 4) is 5.95 Å². The van der Waals surface area contributed by atoms with Crippen molar-refractivity contribution in [1.29, 1.82) is 0 Å². The molecule has 1 N–H and O–H groups in total. The quantitative estimate of drug-likeness (QED) is 0.554. The lowest BCUT2D eigenvalue weighted by Gasteiger charge is -2.39. The topological polar surface area (TPSA) is 89.1 Å². The number of halogens is 1. The lowest BCUT2D eigenvalue weighted by molar-refractivity contribution is -0.118. The number of nitrogens with one attached hydrogen (secondary N) is 1. The Bertz CT molecular complexity index is 1070. The van der Waals surface area contributed by atoms with Crippen molar-refractivity contribution in [3.63, 3.8) is 0 Å². The molecule has 0 atom stereocenters. The number of hydrogen-bond donors (Lipinski definition) is 1. The summed E-state index contributed by atoms with van der Waals surface area (Å²) in [7, 11) is 2.10. The van der Waals surface area contributed by atoms with Gasteiger partial charge in [-0.3, -0.25) is 4.79 Å². The Hall–Kier alpha value is -2.81. The normalized spacial score (nSPS) is 18.7.